The van der Waals surface area contributed by atoms with Crippen LogP contribution in [-0.4, -0.2) is 49.6 Å². The van der Waals surface area contributed by atoms with E-state index in [2.05, 4.69) is 51.8 Å². The number of hydrogen-bond donors (Lipinski definition) is 0. The van der Waals surface area contributed by atoms with Gasteiger partial charge in [0.15, 0.2) is 5.82 Å². The van der Waals surface area contributed by atoms with E-state index in [0.717, 1.165) is 17.7 Å². The predicted molar refractivity (Wildman–Crippen MR) is 152 cm³/mol. The summed E-state index contributed by atoms with van der Waals surface area (Å²) >= 11 is 0. The third-order valence-electron chi connectivity index (χ3n) is 8.33. The van der Waals surface area contributed by atoms with Crippen LogP contribution >= 0.6 is 0 Å². The number of rotatable bonds is 6. The largest absolute Gasteiger partial charge is 0.349 e. The van der Waals surface area contributed by atoms with Crippen molar-refractivity contribution in [3.05, 3.63) is 93.5 Å². The number of nitrogens with zero attached hydrogens (tertiary/aromatic N) is 7. The van der Waals surface area contributed by atoms with Gasteiger partial charge in [-0.15, -0.1) is 0 Å². The monoisotopic (exact) mass is 537 g/mol. The topological polar surface area (TPSA) is 90.9 Å². The predicted octanol–water partition coefficient (Wildman–Crippen LogP) is 4.69. The van der Waals surface area contributed by atoms with Crippen molar-refractivity contribution in [2.45, 2.75) is 57.2 Å². The molecule has 4 aromatic rings. The van der Waals surface area contributed by atoms with E-state index in [9.17, 15) is 14.4 Å². The summed E-state index contributed by atoms with van der Waals surface area (Å²) in [5.74, 6) is 0.859. The second-order valence-corrected chi connectivity index (χ2v) is 11.0. The summed E-state index contributed by atoms with van der Waals surface area (Å²) in [6.07, 6.45) is 5.28. The molecule has 1 saturated heterocycles. The lowest BCUT2D eigenvalue weighted by Gasteiger charge is -2.48. The van der Waals surface area contributed by atoms with Crippen LogP contribution in [0.4, 0.5) is 10.2 Å². The van der Waals surface area contributed by atoms with Gasteiger partial charge in [-0.05, 0) is 73.6 Å². The van der Waals surface area contributed by atoms with Gasteiger partial charge in [0.1, 0.15) is 23.1 Å². The minimum atomic E-state index is -0.360. The van der Waals surface area contributed by atoms with Gasteiger partial charge in [-0.3, -0.25) is 14.5 Å². The Balaban J connectivity index is 1.40. The Labute approximate surface area is 232 Å². The van der Waals surface area contributed by atoms with Gasteiger partial charge >= 0.3 is 5.69 Å². The number of halogens is 1. The van der Waals surface area contributed by atoms with E-state index in [0.29, 0.717) is 35.9 Å². The molecule has 40 heavy (non-hydrogen) atoms. The van der Waals surface area contributed by atoms with E-state index in [1.807, 2.05) is 18.3 Å². The van der Waals surface area contributed by atoms with E-state index < -0.39 is 0 Å². The second-order valence-electron chi connectivity index (χ2n) is 11.0. The first-order valence-electron chi connectivity index (χ1n) is 13.9. The number of piperazine rings is 1. The highest BCUT2D eigenvalue weighted by atomic mass is 19.1. The number of nitriles is 1. The summed E-state index contributed by atoms with van der Waals surface area (Å²) in [4.78, 5) is 31.4. The highest BCUT2D eigenvalue weighted by molar-refractivity contribution is 5.86. The Morgan fingerprint density at radius 3 is 2.50 bits per heavy atom. The molecule has 6 rings (SSSR count). The number of aryl methyl sites for hydroxylation is 1. The van der Waals surface area contributed by atoms with Crippen molar-refractivity contribution < 1.29 is 4.39 Å². The highest BCUT2D eigenvalue weighted by Gasteiger charge is 2.38. The second kappa shape index (κ2) is 10.4. The van der Waals surface area contributed by atoms with E-state index in [4.69, 9.17) is 4.98 Å². The Morgan fingerprint density at radius 2 is 1.85 bits per heavy atom. The smallest absolute Gasteiger partial charge is 0.349 e. The zero-order valence-electron chi connectivity index (χ0n) is 23.0. The first-order chi connectivity index (χ1) is 19.4. The molecule has 0 bridgehead atoms. The maximum absolute atomic E-state index is 13.9. The third kappa shape index (κ3) is 4.73. The fourth-order valence-corrected chi connectivity index (χ4v) is 5.92. The van der Waals surface area contributed by atoms with Gasteiger partial charge in [-0.2, -0.15) is 10.2 Å². The molecule has 0 N–H and O–H groups in total. The molecule has 0 amide bonds. The lowest BCUT2D eigenvalue weighted by Crippen LogP contribution is -2.59. The molecule has 9 heteroatoms. The number of hydrogen-bond acceptors (Lipinski definition) is 7. The minimum absolute atomic E-state index is 0.0215. The summed E-state index contributed by atoms with van der Waals surface area (Å²) < 4.78 is 15.4. The standard InChI is InChI=1S/C31H32FN7O/c1-4-25-18-38(30-28-27(37(3)31(40)36-30)14-12-24(15-33)35-28)19(2)17-39(25)29(21-7-10-23(32)11-8-21)26-13-9-22(16-34-26)20-5-6-20/h7-14,16,19-20,25,29H,4-6,17-18H2,1-3H3/t19-,25+,29?/m0/s1. The van der Waals surface area contributed by atoms with Gasteiger partial charge in [0.05, 0.1) is 17.3 Å². The number of benzene rings is 1. The molecule has 4 heterocycles. The Morgan fingerprint density at radius 1 is 1.07 bits per heavy atom. The average molecular weight is 538 g/mol. The normalized spacial score (nSPS) is 20.4. The van der Waals surface area contributed by atoms with E-state index in [1.165, 1.54) is 35.1 Å². The van der Waals surface area contributed by atoms with Crippen LogP contribution in [0.3, 0.4) is 0 Å². The van der Waals surface area contributed by atoms with Gasteiger partial charge in [-0.25, -0.2) is 14.2 Å². The molecule has 0 radical (unpaired) electrons. The summed E-state index contributed by atoms with van der Waals surface area (Å²) in [7, 11) is 1.67. The Hall–Kier alpha value is -4.16. The Kier molecular flexibility index (Phi) is 6.80. The van der Waals surface area contributed by atoms with Crippen molar-refractivity contribution in [3.63, 3.8) is 0 Å². The first-order valence-corrected chi connectivity index (χ1v) is 13.9. The molecule has 1 saturated carbocycles. The summed E-state index contributed by atoms with van der Waals surface area (Å²) in [6.45, 7) is 5.55. The number of aromatic nitrogens is 4. The van der Waals surface area contributed by atoms with Crippen LogP contribution in [0.5, 0.6) is 0 Å². The fraction of sp³-hybridized carbons (Fsp3) is 0.387. The Bertz CT molecular complexity index is 1640. The molecular weight excluding hydrogens is 505 g/mol. The van der Waals surface area contributed by atoms with Crippen molar-refractivity contribution >= 4 is 16.9 Å². The summed E-state index contributed by atoms with van der Waals surface area (Å²) in [5, 5.41) is 9.48. The van der Waals surface area contributed by atoms with Crippen molar-refractivity contribution in [1.29, 1.82) is 5.26 Å². The van der Waals surface area contributed by atoms with Crippen LogP contribution in [0.25, 0.3) is 11.0 Å². The molecule has 204 valence electrons. The van der Waals surface area contributed by atoms with Crippen molar-refractivity contribution in [2.24, 2.45) is 7.05 Å². The molecule has 2 aliphatic rings. The number of fused-ring (bicyclic) bond motifs is 1. The van der Waals surface area contributed by atoms with Crippen molar-refractivity contribution in [2.75, 3.05) is 18.0 Å². The maximum Gasteiger partial charge on any atom is 0.349 e. The van der Waals surface area contributed by atoms with Gasteiger partial charge in [0.25, 0.3) is 0 Å². The summed E-state index contributed by atoms with van der Waals surface area (Å²) in [6, 6.07) is 16.4. The van der Waals surface area contributed by atoms with Crippen LogP contribution in [0.1, 0.15) is 67.6 Å². The molecular formula is C31H32FN7O. The lowest BCUT2D eigenvalue weighted by molar-refractivity contribution is 0.113. The average Bonchev–Trinajstić information content (AvgIpc) is 3.82. The number of pyridine rings is 2. The molecule has 1 aliphatic heterocycles. The SMILES string of the molecule is CC[C@@H]1CN(c2nc(=O)n(C)c3ccc(C#N)nc23)[C@@H](C)CN1C(c1ccc(F)cc1)c1ccc(C2CC2)cn1. The van der Waals surface area contributed by atoms with Crippen molar-refractivity contribution in [3.8, 4) is 6.07 Å². The molecule has 1 aromatic carbocycles. The minimum Gasteiger partial charge on any atom is -0.349 e. The van der Waals surface area contributed by atoms with Crippen molar-refractivity contribution in [1.82, 2.24) is 24.4 Å². The lowest BCUT2D eigenvalue weighted by atomic mass is 9.94. The van der Waals surface area contributed by atoms with E-state index in [1.54, 1.807) is 19.2 Å². The van der Waals surface area contributed by atoms with Gasteiger partial charge < -0.3 is 4.90 Å². The molecule has 3 atom stereocenters. The maximum atomic E-state index is 13.9. The molecule has 0 spiro atoms. The molecule has 3 aromatic heterocycles. The van der Waals surface area contributed by atoms with Crippen LogP contribution in [0.2, 0.25) is 0 Å². The van der Waals surface area contributed by atoms with E-state index >= 15 is 0 Å². The van der Waals surface area contributed by atoms with Crippen LogP contribution in [0, 0.1) is 17.1 Å². The van der Waals surface area contributed by atoms with Gasteiger partial charge in [0.2, 0.25) is 0 Å². The molecule has 2 fully saturated rings. The highest BCUT2D eigenvalue weighted by Crippen LogP contribution is 2.41. The summed E-state index contributed by atoms with van der Waals surface area (Å²) in [5.41, 5.74) is 4.31. The number of anilines is 1. The molecule has 1 unspecified atom stereocenters. The van der Waals surface area contributed by atoms with Crippen LogP contribution in [-0.2, 0) is 7.05 Å². The van der Waals surface area contributed by atoms with Gasteiger partial charge in [-0.1, -0.05) is 25.1 Å². The van der Waals surface area contributed by atoms with Crippen LogP contribution < -0.4 is 10.6 Å². The van der Waals surface area contributed by atoms with Gasteiger partial charge in [0, 0.05) is 38.4 Å². The van der Waals surface area contributed by atoms with E-state index in [-0.39, 0.29) is 35.3 Å². The first kappa shape index (κ1) is 26.1. The van der Waals surface area contributed by atoms with Crippen LogP contribution in [0.15, 0.2) is 59.5 Å². The zero-order chi connectivity index (χ0) is 28.0. The third-order valence-corrected chi connectivity index (χ3v) is 8.33. The molecule has 8 nitrogen and oxygen atoms in total. The fourth-order valence-electron chi connectivity index (χ4n) is 5.92. The quantitative estimate of drug-likeness (QED) is 0.352. The zero-order valence-corrected chi connectivity index (χ0v) is 23.0. The molecule has 1 aliphatic carbocycles.